The van der Waals surface area contributed by atoms with E-state index in [0.29, 0.717) is 18.0 Å². The molecule has 0 unspecified atom stereocenters. The molecule has 0 fully saturated rings. The van der Waals surface area contributed by atoms with Gasteiger partial charge in [0.15, 0.2) is 0 Å². The molecule has 9 heteroatoms. The van der Waals surface area contributed by atoms with Crippen LogP contribution in [-0.2, 0) is 26.2 Å². The van der Waals surface area contributed by atoms with Crippen molar-refractivity contribution in [1.82, 2.24) is 10.2 Å². The first-order valence-electron chi connectivity index (χ1n) is 10.7. The standard InChI is InChI=1S/C24H33N3O5S/c1-7-25-24(29)19(4)26(15-20-10-12-21(32-5)13-11-20)23(28)16-27(33(6,30)31)22-14-17(2)8-9-18(22)3/h8-14,19H,7,15-16H2,1-6H3,(H,25,29)/t19-/m1/s1. The summed E-state index contributed by atoms with van der Waals surface area (Å²) in [6, 6.07) is 11.8. The third-order valence-corrected chi connectivity index (χ3v) is 6.47. The number of nitrogens with one attached hydrogen (secondary N) is 1. The normalized spacial score (nSPS) is 12.1. The second-order valence-electron chi connectivity index (χ2n) is 8.00. The lowest BCUT2D eigenvalue weighted by atomic mass is 10.1. The molecule has 0 aliphatic heterocycles. The van der Waals surface area contributed by atoms with Crippen molar-refractivity contribution in [2.45, 2.75) is 40.3 Å². The molecule has 33 heavy (non-hydrogen) atoms. The Hall–Kier alpha value is -3.07. The molecule has 0 aliphatic carbocycles. The Morgan fingerprint density at radius 1 is 1.09 bits per heavy atom. The van der Waals surface area contributed by atoms with Gasteiger partial charge < -0.3 is 15.0 Å². The smallest absolute Gasteiger partial charge is 0.244 e. The number of amides is 2. The van der Waals surface area contributed by atoms with Gasteiger partial charge >= 0.3 is 0 Å². The monoisotopic (exact) mass is 475 g/mol. The van der Waals surface area contributed by atoms with Crippen LogP contribution in [0.1, 0.15) is 30.5 Å². The fourth-order valence-corrected chi connectivity index (χ4v) is 4.31. The van der Waals surface area contributed by atoms with Crippen molar-refractivity contribution in [1.29, 1.82) is 0 Å². The summed E-state index contributed by atoms with van der Waals surface area (Å²) in [5.74, 6) is -0.112. The molecular weight excluding hydrogens is 442 g/mol. The van der Waals surface area contributed by atoms with Crippen LogP contribution in [0.5, 0.6) is 5.75 Å². The number of hydrogen-bond acceptors (Lipinski definition) is 5. The van der Waals surface area contributed by atoms with Crippen molar-refractivity contribution in [3.8, 4) is 5.75 Å². The van der Waals surface area contributed by atoms with E-state index < -0.39 is 28.5 Å². The van der Waals surface area contributed by atoms with E-state index in [1.165, 1.54) is 4.90 Å². The van der Waals surface area contributed by atoms with E-state index in [4.69, 9.17) is 4.74 Å². The molecule has 1 N–H and O–H groups in total. The van der Waals surface area contributed by atoms with E-state index >= 15 is 0 Å². The predicted molar refractivity (Wildman–Crippen MR) is 130 cm³/mol. The number of hydrogen-bond donors (Lipinski definition) is 1. The molecule has 0 aliphatic rings. The van der Waals surface area contributed by atoms with E-state index in [1.54, 1.807) is 46.1 Å². The van der Waals surface area contributed by atoms with Crippen molar-refractivity contribution in [2.75, 3.05) is 30.8 Å². The molecular formula is C24H33N3O5S. The number of anilines is 1. The van der Waals surface area contributed by atoms with Crippen molar-refractivity contribution < 1.29 is 22.7 Å². The summed E-state index contributed by atoms with van der Waals surface area (Å²) in [5.41, 5.74) is 2.85. The fraction of sp³-hybridized carbons (Fsp3) is 0.417. The summed E-state index contributed by atoms with van der Waals surface area (Å²) < 4.78 is 31.6. The van der Waals surface area contributed by atoms with Crippen LogP contribution in [0, 0.1) is 13.8 Å². The minimum absolute atomic E-state index is 0.144. The molecule has 0 aromatic heterocycles. The number of carbonyl (C=O) groups excluding carboxylic acids is 2. The number of carbonyl (C=O) groups is 2. The lowest BCUT2D eigenvalue weighted by molar-refractivity contribution is -0.139. The van der Waals surface area contributed by atoms with Crippen LogP contribution in [-0.4, -0.2) is 57.6 Å². The van der Waals surface area contributed by atoms with Gasteiger partial charge in [-0.05, 0) is 62.6 Å². The Kier molecular flexibility index (Phi) is 8.87. The number of rotatable bonds is 10. The van der Waals surface area contributed by atoms with E-state index in [0.717, 1.165) is 27.3 Å². The van der Waals surface area contributed by atoms with Gasteiger partial charge in [-0.2, -0.15) is 0 Å². The van der Waals surface area contributed by atoms with Crippen molar-refractivity contribution in [2.24, 2.45) is 0 Å². The average Bonchev–Trinajstić information content (AvgIpc) is 2.76. The zero-order chi connectivity index (χ0) is 24.8. The fourth-order valence-electron chi connectivity index (χ4n) is 3.42. The summed E-state index contributed by atoms with van der Waals surface area (Å²) >= 11 is 0. The number of ether oxygens (including phenoxy) is 1. The highest BCUT2D eigenvalue weighted by Crippen LogP contribution is 2.24. The first kappa shape index (κ1) is 26.2. The SMILES string of the molecule is CCNC(=O)[C@@H](C)N(Cc1ccc(OC)cc1)C(=O)CN(c1cc(C)ccc1C)S(C)(=O)=O. The first-order chi connectivity index (χ1) is 15.5. The molecule has 0 radical (unpaired) electrons. The van der Waals surface area contributed by atoms with Gasteiger partial charge in [-0.1, -0.05) is 24.3 Å². The zero-order valence-corrected chi connectivity index (χ0v) is 20.9. The molecule has 0 saturated heterocycles. The molecule has 0 heterocycles. The lowest BCUT2D eigenvalue weighted by Crippen LogP contribution is -2.51. The van der Waals surface area contributed by atoms with Crippen molar-refractivity contribution in [3.05, 3.63) is 59.2 Å². The molecule has 8 nitrogen and oxygen atoms in total. The summed E-state index contributed by atoms with van der Waals surface area (Å²) in [5, 5.41) is 2.73. The van der Waals surface area contributed by atoms with Gasteiger partial charge in [-0.3, -0.25) is 13.9 Å². The number of sulfonamides is 1. The molecule has 0 bridgehead atoms. The highest BCUT2D eigenvalue weighted by molar-refractivity contribution is 7.92. The van der Waals surface area contributed by atoms with Gasteiger partial charge in [0.05, 0.1) is 19.1 Å². The Bertz CT molecular complexity index is 1080. The van der Waals surface area contributed by atoms with Gasteiger partial charge in [0, 0.05) is 13.1 Å². The van der Waals surface area contributed by atoms with Crippen LogP contribution in [0.15, 0.2) is 42.5 Å². The van der Waals surface area contributed by atoms with Gasteiger partial charge in [0.1, 0.15) is 18.3 Å². The highest BCUT2D eigenvalue weighted by atomic mass is 32.2. The number of methoxy groups -OCH3 is 1. The van der Waals surface area contributed by atoms with Crippen LogP contribution in [0.2, 0.25) is 0 Å². The zero-order valence-electron chi connectivity index (χ0n) is 20.1. The molecule has 2 aromatic carbocycles. The molecule has 180 valence electrons. The summed E-state index contributed by atoms with van der Waals surface area (Å²) in [7, 11) is -2.19. The van der Waals surface area contributed by atoms with Crippen LogP contribution >= 0.6 is 0 Å². The maximum atomic E-state index is 13.5. The quantitative estimate of drug-likeness (QED) is 0.570. The van der Waals surface area contributed by atoms with Gasteiger partial charge in [-0.15, -0.1) is 0 Å². The number of aryl methyl sites for hydroxylation is 2. The molecule has 0 saturated carbocycles. The first-order valence-corrected chi connectivity index (χ1v) is 12.6. The van der Waals surface area contributed by atoms with E-state index in [-0.39, 0.29) is 12.5 Å². The highest BCUT2D eigenvalue weighted by Gasteiger charge is 2.30. The molecule has 2 amide bonds. The van der Waals surface area contributed by atoms with Crippen molar-refractivity contribution in [3.63, 3.8) is 0 Å². The van der Waals surface area contributed by atoms with Gasteiger partial charge in [0.2, 0.25) is 21.8 Å². The van der Waals surface area contributed by atoms with Gasteiger partial charge in [-0.25, -0.2) is 8.42 Å². The second-order valence-corrected chi connectivity index (χ2v) is 9.91. The maximum absolute atomic E-state index is 13.5. The number of nitrogens with zero attached hydrogens (tertiary/aromatic N) is 2. The molecule has 0 spiro atoms. The third-order valence-electron chi connectivity index (χ3n) is 5.34. The minimum Gasteiger partial charge on any atom is -0.497 e. The third kappa shape index (κ3) is 6.95. The largest absolute Gasteiger partial charge is 0.497 e. The van der Waals surface area contributed by atoms with Crippen LogP contribution in [0.4, 0.5) is 5.69 Å². The average molecular weight is 476 g/mol. The van der Waals surface area contributed by atoms with E-state index in [1.807, 2.05) is 31.2 Å². The van der Waals surface area contributed by atoms with E-state index in [9.17, 15) is 18.0 Å². The summed E-state index contributed by atoms with van der Waals surface area (Å²) in [6.07, 6.45) is 1.07. The second kappa shape index (κ2) is 11.2. The summed E-state index contributed by atoms with van der Waals surface area (Å²) in [6.45, 7) is 7.24. The molecule has 2 rings (SSSR count). The Labute approximate surface area is 196 Å². The maximum Gasteiger partial charge on any atom is 0.244 e. The predicted octanol–water partition coefficient (Wildman–Crippen LogP) is 2.63. The molecule has 1 atom stereocenters. The Morgan fingerprint density at radius 2 is 1.73 bits per heavy atom. The van der Waals surface area contributed by atoms with Crippen LogP contribution in [0.3, 0.4) is 0 Å². The van der Waals surface area contributed by atoms with E-state index in [2.05, 4.69) is 5.32 Å². The summed E-state index contributed by atoms with van der Waals surface area (Å²) in [4.78, 5) is 27.4. The van der Waals surface area contributed by atoms with Crippen LogP contribution < -0.4 is 14.4 Å². The van der Waals surface area contributed by atoms with Gasteiger partial charge in [0.25, 0.3) is 0 Å². The van der Waals surface area contributed by atoms with Crippen LogP contribution in [0.25, 0.3) is 0 Å². The Morgan fingerprint density at radius 3 is 2.27 bits per heavy atom. The lowest BCUT2D eigenvalue weighted by Gasteiger charge is -2.32. The minimum atomic E-state index is -3.76. The Balaban J connectivity index is 2.41. The molecule has 2 aromatic rings. The number of likely N-dealkylation sites (N-methyl/N-ethyl adjacent to an activating group) is 1. The van der Waals surface area contributed by atoms with Crippen molar-refractivity contribution >= 4 is 27.5 Å². The number of benzene rings is 2. The topological polar surface area (TPSA) is 96.0 Å².